The van der Waals surface area contributed by atoms with Crippen LogP contribution < -0.4 is 4.72 Å². The molecule has 154 valence electrons. The van der Waals surface area contributed by atoms with E-state index in [1.807, 2.05) is 0 Å². The molecule has 1 amide bonds. The van der Waals surface area contributed by atoms with Gasteiger partial charge in [-0.1, -0.05) is 24.3 Å². The Hall–Kier alpha value is -3.46. The zero-order valence-electron chi connectivity index (χ0n) is 15.9. The van der Waals surface area contributed by atoms with Gasteiger partial charge in [0.15, 0.2) is 5.76 Å². The van der Waals surface area contributed by atoms with Crippen LogP contribution in [0, 0.1) is 5.82 Å². The summed E-state index contributed by atoms with van der Waals surface area (Å²) in [6.07, 6.45) is 2.79. The van der Waals surface area contributed by atoms with Gasteiger partial charge in [0.05, 0.1) is 24.3 Å². The number of nitrogens with zero attached hydrogens (tertiary/aromatic N) is 2. The molecule has 1 atom stereocenters. The quantitative estimate of drug-likeness (QED) is 0.671. The lowest BCUT2D eigenvalue weighted by Gasteiger charge is -2.21. The Morgan fingerprint density at radius 3 is 2.67 bits per heavy atom. The molecule has 1 N–H and O–H groups in total. The van der Waals surface area contributed by atoms with Gasteiger partial charge >= 0.3 is 5.91 Å². The third-order valence-electron chi connectivity index (χ3n) is 4.58. The van der Waals surface area contributed by atoms with E-state index < -0.39 is 27.8 Å². The minimum absolute atomic E-state index is 0.119. The highest BCUT2D eigenvalue weighted by Gasteiger charge is 2.35. The Bertz CT molecular complexity index is 1220. The van der Waals surface area contributed by atoms with E-state index in [2.05, 4.69) is 9.82 Å². The van der Waals surface area contributed by atoms with Gasteiger partial charge in [-0.2, -0.15) is 5.10 Å². The topological polar surface area (TPSA) is 92.0 Å². The first-order valence-corrected chi connectivity index (χ1v) is 11.0. The van der Waals surface area contributed by atoms with Gasteiger partial charge < -0.3 is 4.42 Å². The number of carbonyl (C=O) groups excluding carboxylic acids is 1. The Labute approximate surface area is 172 Å². The molecule has 30 heavy (non-hydrogen) atoms. The van der Waals surface area contributed by atoms with E-state index in [0.717, 1.165) is 6.26 Å². The predicted octanol–water partition coefficient (Wildman–Crippen LogP) is 3.78. The second-order valence-corrected chi connectivity index (χ2v) is 8.65. The minimum atomic E-state index is -3.44. The average molecular weight is 427 g/mol. The fraction of sp³-hybridized carbons (Fsp3) is 0.143. The Morgan fingerprint density at radius 2 is 1.97 bits per heavy atom. The zero-order valence-corrected chi connectivity index (χ0v) is 16.8. The third kappa shape index (κ3) is 4.25. The number of anilines is 1. The fourth-order valence-electron chi connectivity index (χ4n) is 3.34. The van der Waals surface area contributed by atoms with Crippen LogP contribution in [0.25, 0.3) is 0 Å². The van der Waals surface area contributed by atoms with Crippen molar-refractivity contribution in [3.8, 4) is 0 Å². The van der Waals surface area contributed by atoms with Gasteiger partial charge in [0.1, 0.15) is 5.82 Å². The van der Waals surface area contributed by atoms with Gasteiger partial charge in [0.2, 0.25) is 10.0 Å². The van der Waals surface area contributed by atoms with Gasteiger partial charge in [0, 0.05) is 12.1 Å². The summed E-state index contributed by atoms with van der Waals surface area (Å²) < 4.78 is 44.5. The average Bonchev–Trinajstić information content (AvgIpc) is 3.37. The minimum Gasteiger partial charge on any atom is -0.459 e. The number of halogens is 1. The Kier molecular flexibility index (Phi) is 5.13. The molecule has 0 spiro atoms. The molecule has 0 saturated carbocycles. The molecule has 0 saturated heterocycles. The molecule has 0 unspecified atom stereocenters. The number of hydrogen-bond donors (Lipinski definition) is 1. The number of hydrazone groups is 1. The van der Waals surface area contributed by atoms with Crippen molar-refractivity contribution in [1.29, 1.82) is 0 Å². The highest BCUT2D eigenvalue weighted by atomic mass is 32.2. The van der Waals surface area contributed by atoms with Crippen molar-refractivity contribution in [2.45, 2.75) is 12.5 Å². The summed E-state index contributed by atoms with van der Waals surface area (Å²) in [6, 6.07) is 15.4. The summed E-state index contributed by atoms with van der Waals surface area (Å²) in [7, 11) is -3.44. The zero-order chi connectivity index (χ0) is 21.3. The summed E-state index contributed by atoms with van der Waals surface area (Å²) in [5, 5.41) is 5.76. The van der Waals surface area contributed by atoms with Crippen LogP contribution >= 0.6 is 0 Å². The van der Waals surface area contributed by atoms with E-state index in [4.69, 9.17) is 4.42 Å². The summed E-state index contributed by atoms with van der Waals surface area (Å²) in [4.78, 5) is 12.9. The second-order valence-electron chi connectivity index (χ2n) is 6.90. The van der Waals surface area contributed by atoms with Crippen molar-refractivity contribution in [3.63, 3.8) is 0 Å². The summed E-state index contributed by atoms with van der Waals surface area (Å²) >= 11 is 0. The number of nitrogens with one attached hydrogen (secondary N) is 1. The molecule has 1 aromatic heterocycles. The maximum absolute atomic E-state index is 13.8. The summed E-state index contributed by atoms with van der Waals surface area (Å²) in [5.74, 6) is -0.741. The van der Waals surface area contributed by atoms with Crippen molar-refractivity contribution in [1.82, 2.24) is 5.01 Å². The molecule has 4 rings (SSSR count). The highest BCUT2D eigenvalue weighted by Crippen LogP contribution is 2.34. The van der Waals surface area contributed by atoms with Crippen molar-refractivity contribution < 1.29 is 22.0 Å². The van der Waals surface area contributed by atoms with Crippen LogP contribution in [-0.4, -0.2) is 31.3 Å². The SMILES string of the molecule is CS(=O)(=O)Nc1cccc(C2=NN(C(=O)c3ccco3)[C@H](c3cccc(F)c3)C2)c1. The molecular weight excluding hydrogens is 409 g/mol. The van der Waals surface area contributed by atoms with Gasteiger partial charge in [-0.3, -0.25) is 9.52 Å². The van der Waals surface area contributed by atoms with Crippen LogP contribution in [0.4, 0.5) is 10.1 Å². The first kappa shape index (κ1) is 19.8. The number of sulfonamides is 1. The van der Waals surface area contributed by atoms with Gasteiger partial charge in [-0.15, -0.1) is 0 Å². The third-order valence-corrected chi connectivity index (χ3v) is 5.19. The van der Waals surface area contributed by atoms with Gasteiger partial charge in [0.25, 0.3) is 0 Å². The first-order chi connectivity index (χ1) is 14.3. The Morgan fingerprint density at radius 1 is 1.17 bits per heavy atom. The normalized spacial score (nSPS) is 16.4. The number of hydrogen-bond acceptors (Lipinski definition) is 5. The van der Waals surface area contributed by atoms with Crippen molar-refractivity contribution in [2.24, 2.45) is 5.10 Å². The van der Waals surface area contributed by atoms with Crippen LogP contribution in [0.3, 0.4) is 0 Å². The molecule has 0 radical (unpaired) electrons. The number of benzene rings is 2. The maximum atomic E-state index is 13.8. The predicted molar refractivity (Wildman–Crippen MR) is 110 cm³/mol. The van der Waals surface area contributed by atoms with E-state index in [-0.39, 0.29) is 5.76 Å². The van der Waals surface area contributed by atoms with E-state index >= 15 is 0 Å². The van der Waals surface area contributed by atoms with E-state index in [9.17, 15) is 17.6 Å². The van der Waals surface area contributed by atoms with Gasteiger partial charge in [-0.25, -0.2) is 17.8 Å². The number of carbonyl (C=O) groups is 1. The maximum Gasteiger partial charge on any atom is 0.310 e. The molecule has 3 aromatic rings. The molecule has 7 nitrogen and oxygen atoms in total. The molecular formula is C21H18FN3O4S. The van der Waals surface area contributed by atoms with Crippen LogP contribution in [0.1, 0.15) is 34.1 Å². The summed E-state index contributed by atoms with van der Waals surface area (Å²) in [5.41, 5.74) is 2.20. The van der Waals surface area contributed by atoms with Crippen LogP contribution in [0.15, 0.2) is 76.4 Å². The van der Waals surface area contributed by atoms with E-state index in [1.54, 1.807) is 42.5 Å². The highest BCUT2D eigenvalue weighted by molar-refractivity contribution is 7.92. The smallest absolute Gasteiger partial charge is 0.310 e. The van der Waals surface area contributed by atoms with Crippen LogP contribution in [-0.2, 0) is 10.0 Å². The molecule has 0 aliphatic carbocycles. The van der Waals surface area contributed by atoms with Crippen molar-refractivity contribution in [3.05, 3.63) is 89.6 Å². The molecule has 1 aliphatic heterocycles. The lowest BCUT2D eigenvalue weighted by atomic mass is 9.98. The van der Waals surface area contributed by atoms with Crippen LogP contribution in [0.5, 0.6) is 0 Å². The summed E-state index contributed by atoms with van der Waals surface area (Å²) in [6.45, 7) is 0. The number of rotatable bonds is 5. The largest absolute Gasteiger partial charge is 0.459 e. The molecule has 0 fully saturated rings. The molecule has 0 bridgehead atoms. The second kappa shape index (κ2) is 7.75. The molecule has 9 heteroatoms. The lowest BCUT2D eigenvalue weighted by Crippen LogP contribution is -2.26. The standard InChI is InChI=1S/C21H18FN3O4S/c1-30(27,28)24-17-8-3-5-14(12-17)18-13-19(15-6-2-7-16(22)11-15)25(23-18)21(26)20-9-4-10-29-20/h2-12,19,24H,13H2,1H3/t19-/m0/s1. The molecule has 2 aromatic carbocycles. The van der Waals surface area contributed by atoms with E-state index in [0.29, 0.717) is 28.9 Å². The lowest BCUT2D eigenvalue weighted by molar-refractivity contribution is 0.0678. The Balaban J connectivity index is 1.72. The molecule has 2 heterocycles. The van der Waals surface area contributed by atoms with E-state index in [1.165, 1.54) is 29.5 Å². The van der Waals surface area contributed by atoms with Gasteiger partial charge in [-0.05, 0) is 47.5 Å². The van der Waals surface area contributed by atoms with Crippen molar-refractivity contribution in [2.75, 3.05) is 11.0 Å². The first-order valence-electron chi connectivity index (χ1n) is 9.08. The fourth-order valence-corrected chi connectivity index (χ4v) is 3.89. The monoisotopic (exact) mass is 427 g/mol. The van der Waals surface area contributed by atoms with Crippen LogP contribution in [0.2, 0.25) is 0 Å². The number of furan rings is 1. The number of amides is 1. The van der Waals surface area contributed by atoms with Crippen molar-refractivity contribution >= 4 is 27.3 Å². The molecule has 1 aliphatic rings.